The second-order valence-corrected chi connectivity index (χ2v) is 11.6. The van der Waals surface area contributed by atoms with Gasteiger partial charge in [0.25, 0.3) is 11.8 Å². The lowest BCUT2D eigenvalue weighted by Gasteiger charge is -2.37. The Bertz CT molecular complexity index is 1900. The van der Waals surface area contributed by atoms with E-state index in [9.17, 15) is 23.9 Å². The van der Waals surface area contributed by atoms with Crippen LogP contribution in [-0.2, 0) is 16.0 Å². The number of carbonyl (C=O) groups is 3. The van der Waals surface area contributed by atoms with Crippen LogP contribution in [0.1, 0.15) is 27.5 Å². The van der Waals surface area contributed by atoms with Gasteiger partial charge in [0.05, 0.1) is 22.5 Å². The Balaban J connectivity index is 1.38. The topological polar surface area (TPSA) is 134 Å². The first-order chi connectivity index (χ1) is 22.5. The highest BCUT2D eigenvalue weighted by Gasteiger charge is 2.40. The van der Waals surface area contributed by atoms with Gasteiger partial charge in [0.1, 0.15) is 11.7 Å². The van der Waals surface area contributed by atoms with Crippen LogP contribution >= 0.6 is 11.6 Å². The number of carbonyl (C=O) groups excluding carboxylic acids is 2. The minimum absolute atomic E-state index is 0.0672. The molecule has 3 heterocycles. The highest BCUT2D eigenvalue weighted by Crippen LogP contribution is 2.38. The average molecular weight is 657 g/mol. The number of nitrogens with one attached hydrogen (secondary N) is 2. The molecule has 2 amide bonds. The number of rotatable bonds is 7. The van der Waals surface area contributed by atoms with E-state index in [-0.39, 0.29) is 28.5 Å². The number of hydrogen-bond acceptors (Lipinski definition) is 9. The summed E-state index contributed by atoms with van der Waals surface area (Å²) >= 11 is 6.01. The van der Waals surface area contributed by atoms with E-state index >= 15 is 0 Å². The summed E-state index contributed by atoms with van der Waals surface area (Å²) in [5.74, 6) is -2.18. The molecule has 1 unspecified atom stereocenters. The normalized spacial score (nSPS) is 15.9. The molecule has 0 spiro atoms. The van der Waals surface area contributed by atoms with Gasteiger partial charge < -0.3 is 20.2 Å². The smallest absolute Gasteiger partial charge is 0.335 e. The number of nitrogens with zero attached hydrogens (tertiary/aromatic N) is 6. The molecule has 0 saturated heterocycles. The molecule has 6 rings (SSSR count). The third-order valence-corrected chi connectivity index (χ3v) is 8.24. The van der Waals surface area contributed by atoms with E-state index in [4.69, 9.17) is 11.6 Å². The predicted octanol–water partition coefficient (Wildman–Crippen LogP) is 4.48. The first-order valence-electron chi connectivity index (χ1n) is 14.6. The number of carboxylic acid groups (broad SMARTS) is 1. The Morgan fingerprint density at radius 3 is 2.43 bits per heavy atom. The number of aromatic nitrogens is 2. The van der Waals surface area contributed by atoms with Crippen LogP contribution in [0.3, 0.4) is 0 Å². The molecule has 1 aromatic heterocycles. The second kappa shape index (κ2) is 12.7. The summed E-state index contributed by atoms with van der Waals surface area (Å²) in [5.41, 5.74) is 6.72. The van der Waals surface area contributed by atoms with Crippen molar-refractivity contribution in [2.24, 2.45) is 0 Å². The van der Waals surface area contributed by atoms with Crippen LogP contribution in [-0.4, -0.2) is 70.6 Å². The average Bonchev–Trinajstić information content (AvgIpc) is 3.46. The molecule has 3 aromatic carbocycles. The minimum atomic E-state index is -1.09. The Labute approximate surface area is 274 Å². The molecule has 0 saturated carbocycles. The van der Waals surface area contributed by atoms with E-state index in [1.54, 1.807) is 36.5 Å². The fraction of sp³-hybridized carbons (Fsp3) is 0.182. The molecule has 3 N–H and O–H groups in total. The van der Waals surface area contributed by atoms with E-state index < -0.39 is 29.6 Å². The van der Waals surface area contributed by atoms with Gasteiger partial charge in [-0.2, -0.15) is 0 Å². The number of fused-ring (bicyclic) bond motifs is 1. The van der Waals surface area contributed by atoms with Crippen molar-refractivity contribution in [3.8, 4) is 11.1 Å². The van der Waals surface area contributed by atoms with Crippen LogP contribution in [0, 0.1) is 5.82 Å². The van der Waals surface area contributed by atoms with Crippen LogP contribution in [0.15, 0.2) is 85.0 Å². The first kappa shape index (κ1) is 31.5. The Hall–Kier alpha value is -5.53. The third-order valence-electron chi connectivity index (χ3n) is 7.94. The van der Waals surface area contributed by atoms with E-state index in [1.807, 2.05) is 26.2 Å². The number of aromatic carboxylic acids is 1. The number of carboxylic acids is 1. The Kier molecular flexibility index (Phi) is 8.50. The first-order valence-corrected chi connectivity index (χ1v) is 14.9. The van der Waals surface area contributed by atoms with Crippen molar-refractivity contribution < 1.29 is 23.9 Å². The van der Waals surface area contributed by atoms with Gasteiger partial charge in [-0.15, -0.1) is 5.12 Å². The number of hydrogen-bond donors (Lipinski definition) is 3. The van der Waals surface area contributed by atoms with Crippen molar-refractivity contribution in [2.45, 2.75) is 12.5 Å². The zero-order chi connectivity index (χ0) is 33.4. The summed E-state index contributed by atoms with van der Waals surface area (Å²) < 4.78 is 14.9. The molecule has 14 heteroatoms. The third kappa shape index (κ3) is 6.05. The number of hydrazine groups is 2. The number of amides is 2. The van der Waals surface area contributed by atoms with Crippen LogP contribution in [0.25, 0.3) is 11.1 Å². The molecule has 0 fully saturated rings. The molecule has 0 bridgehead atoms. The highest BCUT2D eigenvalue weighted by molar-refractivity contribution is 6.31. The summed E-state index contributed by atoms with van der Waals surface area (Å²) in [6.45, 7) is 0.184. The van der Waals surface area contributed by atoms with E-state index in [0.717, 1.165) is 16.7 Å². The van der Waals surface area contributed by atoms with Crippen molar-refractivity contribution in [1.82, 2.24) is 25.4 Å². The van der Waals surface area contributed by atoms with Gasteiger partial charge in [0.15, 0.2) is 5.82 Å². The monoisotopic (exact) mass is 656 g/mol. The maximum atomic E-state index is 14.9. The van der Waals surface area contributed by atoms with Crippen molar-refractivity contribution in [2.75, 3.05) is 42.9 Å². The number of anilines is 3. The predicted molar refractivity (Wildman–Crippen MR) is 175 cm³/mol. The van der Waals surface area contributed by atoms with Gasteiger partial charge in [-0.3, -0.25) is 20.0 Å². The highest BCUT2D eigenvalue weighted by atomic mass is 35.5. The lowest BCUT2D eigenvalue weighted by atomic mass is 9.86. The van der Waals surface area contributed by atoms with Gasteiger partial charge >= 0.3 is 5.97 Å². The maximum Gasteiger partial charge on any atom is 0.335 e. The van der Waals surface area contributed by atoms with E-state index in [0.29, 0.717) is 23.6 Å². The van der Waals surface area contributed by atoms with Crippen LogP contribution in [0.2, 0.25) is 5.02 Å². The fourth-order valence-corrected chi connectivity index (χ4v) is 5.83. The summed E-state index contributed by atoms with van der Waals surface area (Å²) in [6, 6.07) is 14.8. The van der Waals surface area contributed by atoms with Crippen molar-refractivity contribution in [3.63, 3.8) is 0 Å². The maximum absolute atomic E-state index is 14.9. The summed E-state index contributed by atoms with van der Waals surface area (Å²) in [4.78, 5) is 51.8. The van der Waals surface area contributed by atoms with Crippen LogP contribution in [0.5, 0.6) is 0 Å². The zero-order valence-electron chi connectivity index (χ0n) is 25.6. The zero-order valence-corrected chi connectivity index (χ0v) is 26.4. The van der Waals surface area contributed by atoms with E-state index in [1.165, 1.54) is 57.6 Å². The summed E-state index contributed by atoms with van der Waals surface area (Å²) in [7, 11) is 5.31. The fourth-order valence-electron chi connectivity index (χ4n) is 5.66. The molecular weight excluding hydrogens is 627 g/mol. The molecule has 2 aliphatic rings. The minimum Gasteiger partial charge on any atom is -0.478 e. The van der Waals surface area contributed by atoms with Crippen molar-refractivity contribution in [1.29, 1.82) is 0 Å². The Morgan fingerprint density at radius 2 is 1.74 bits per heavy atom. The van der Waals surface area contributed by atoms with Crippen LogP contribution in [0.4, 0.5) is 21.7 Å². The lowest BCUT2D eigenvalue weighted by molar-refractivity contribution is -0.136. The molecule has 47 heavy (non-hydrogen) atoms. The Morgan fingerprint density at radius 1 is 1.04 bits per heavy atom. The molecule has 2 aliphatic heterocycles. The van der Waals surface area contributed by atoms with Crippen molar-refractivity contribution >= 4 is 46.7 Å². The number of halogens is 2. The lowest BCUT2D eigenvalue weighted by Crippen LogP contribution is -2.48. The molecule has 4 aromatic rings. The molecule has 1 atom stereocenters. The molecule has 0 radical (unpaired) electrons. The van der Waals surface area contributed by atoms with Gasteiger partial charge in [0, 0.05) is 51.3 Å². The van der Waals surface area contributed by atoms with Crippen LogP contribution < -0.4 is 20.7 Å². The van der Waals surface area contributed by atoms with Gasteiger partial charge in [0.2, 0.25) is 5.95 Å². The molecule has 12 nitrogen and oxygen atoms in total. The SMILES string of the molecule is CN(C)c1ncc(-c2cccc3c2CCN(C(=O)C2=CN(c4cccc(Cl)c4F)N(C)N2)C3C(=O)Nc2ccc(C(=O)O)cc2)cn1. The number of benzene rings is 3. The largest absolute Gasteiger partial charge is 0.478 e. The van der Waals surface area contributed by atoms with Gasteiger partial charge in [-0.05, 0) is 59.5 Å². The van der Waals surface area contributed by atoms with E-state index in [2.05, 4.69) is 20.7 Å². The molecular formula is C33H30ClFN8O4. The summed E-state index contributed by atoms with van der Waals surface area (Å²) in [5, 5.41) is 14.9. The molecule has 240 valence electrons. The summed E-state index contributed by atoms with van der Waals surface area (Å²) in [6.07, 6.45) is 5.33. The molecule has 0 aliphatic carbocycles. The second-order valence-electron chi connectivity index (χ2n) is 11.2. The van der Waals surface area contributed by atoms with Gasteiger partial charge in [-0.25, -0.2) is 19.2 Å². The van der Waals surface area contributed by atoms with Crippen molar-refractivity contribution in [3.05, 3.63) is 112 Å². The van der Waals surface area contributed by atoms with Gasteiger partial charge in [-0.1, -0.05) is 35.9 Å². The standard InChI is InChI=1S/C33H30ClFN8O4/c1-40(2)33-36-16-20(17-37-33)22-6-4-7-24-23(22)14-15-42(29(24)30(44)38-21-12-10-19(11-13-21)32(46)47)31(45)26-18-43(41(3)39-26)27-9-5-8-25(34)28(27)35/h4-13,16-18,29,39H,14-15H2,1-3H3,(H,38,44)(H,46,47). The quantitative estimate of drug-likeness (QED) is 0.261.